The highest BCUT2D eigenvalue weighted by molar-refractivity contribution is 4.58. The van der Waals surface area contributed by atoms with E-state index in [9.17, 15) is 10.2 Å². The van der Waals surface area contributed by atoms with Crippen LogP contribution in [-0.4, -0.2) is 36.0 Å². The molecule has 0 radical (unpaired) electrons. The first-order valence-electron chi connectivity index (χ1n) is 4.22. The normalized spacial score (nSPS) is 18.8. The summed E-state index contributed by atoms with van der Waals surface area (Å²) < 4.78 is 9.77. The fraction of sp³-hybridized carbons (Fsp3) is 1.00. The molecule has 0 spiro atoms. The molecule has 0 bridgehead atoms. The highest BCUT2D eigenvalue weighted by Crippen LogP contribution is 2.10. The summed E-state index contributed by atoms with van der Waals surface area (Å²) in [6.07, 6.45) is -1.92. The molecule has 0 fully saturated rings. The summed E-state index contributed by atoms with van der Waals surface area (Å²) in [6.45, 7) is 6.07. The summed E-state index contributed by atoms with van der Waals surface area (Å²) in [5, 5.41) is 18.5. The Morgan fingerprint density at radius 2 is 1.33 bits per heavy atom. The van der Waals surface area contributed by atoms with Gasteiger partial charge in [-0.1, -0.05) is 6.92 Å². The molecule has 2 unspecified atom stereocenters. The van der Waals surface area contributed by atoms with Crippen LogP contribution in [0.5, 0.6) is 0 Å². The summed E-state index contributed by atoms with van der Waals surface area (Å²) in [5.41, 5.74) is 0. The lowest BCUT2D eigenvalue weighted by atomic mass is 10.1. The van der Waals surface area contributed by atoms with Gasteiger partial charge in [0.05, 0.1) is 5.92 Å². The van der Waals surface area contributed by atoms with Crippen molar-refractivity contribution in [1.82, 2.24) is 0 Å². The van der Waals surface area contributed by atoms with Crippen molar-refractivity contribution in [2.45, 2.75) is 33.4 Å². The van der Waals surface area contributed by atoms with Gasteiger partial charge < -0.3 is 19.7 Å². The molecule has 0 aliphatic heterocycles. The molecule has 2 N–H and O–H groups in total. The molecule has 0 amide bonds. The first-order chi connectivity index (χ1) is 5.63. The van der Waals surface area contributed by atoms with Crippen molar-refractivity contribution < 1.29 is 19.7 Å². The van der Waals surface area contributed by atoms with E-state index in [0.717, 1.165) is 0 Å². The van der Waals surface area contributed by atoms with Crippen LogP contribution in [0.3, 0.4) is 0 Å². The minimum atomic E-state index is -0.962. The predicted octanol–water partition coefficient (Wildman–Crippen LogP) is 0.332. The van der Waals surface area contributed by atoms with Crippen LogP contribution in [0, 0.1) is 5.92 Å². The van der Waals surface area contributed by atoms with Crippen LogP contribution in [-0.2, 0) is 9.47 Å². The number of ether oxygens (including phenoxy) is 2. The number of aliphatic hydroxyl groups excluding tert-OH is 2. The lowest BCUT2D eigenvalue weighted by Gasteiger charge is -2.23. The smallest absolute Gasteiger partial charge is 0.161 e. The summed E-state index contributed by atoms with van der Waals surface area (Å²) in [4.78, 5) is 0. The Bertz CT molecular complexity index is 95.2. The Kier molecular flexibility index (Phi) is 6.28. The number of hydrogen-bond donors (Lipinski definition) is 2. The van der Waals surface area contributed by atoms with E-state index in [0.29, 0.717) is 13.2 Å². The molecule has 4 heteroatoms. The van der Waals surface area contributed by atoms with E-state index < -0.39 is 18.5 Å². The highest BCUT2D eigenvalue weighted by Gasteiger charge is 2.22. The van der Waals surface area contributed by atoms with Gasteiger partial charge in [0.2, 0.25) is 0 Å². The molecule has 0 aromatic rings. The van der Waals surface area contributed by atoms with E-state index in [2.05, 4.69) is 0 Å². The second-order valence-corrected chi connectivity index (χ2v) is 2.55. The number of hydrogen-bond acceptors (Lipinski definition) is 4. The maximum Gasteiger partial charge on any atom is 0.161 e. The van der Waals surface area contributed by atoms with Crippen LogP contribution in [0.1, 0.15) is 20.8 Å². The largest absolute Gasteiger partial charge is 0.368 e. The Balaban J connectivity index is 3.73. The molecular weight excluding hydrogens is 160 g/mol. The zero-order chi connectivity index (χ0) is 9.56. The average Bonchev–Trinajstić information content (AvgIpc) is 2.04. The van der Waals surface area contributed by atoms with Gasteiger partial charge in [-0.25, -0.2) is 0 Å². The molecule has 74 valence electrons. The third-order valence-electron chi connectivity index (χ3n) is 1.57. The van der Waals surface area contributed by atoms with Crippen LogP contribution in [0.4, 0.5) is 0 Å². The van der Waals surface area contributed by atoms with Gasteiger partial charge in [0.1, 0.15) is 0 Å². The van der Waals surface area contributed by atoms with Crippen molar-refractivity contribution in [3.05, 3.63) is 0 Å². The fourth-order valence-electron chi connectivity index (χ4n) is 0.786. The maximum atomic E-state index is 9.25. The van der Waals surface area contributed by atoms with Crippen molar-refractivity contribution >= 4 is 0 Å². The van der Waals surface area contributed by atoms with Crippen LogP contribution < -0.4 is 0 Å². The zero-order valence-electron chi connectivity index (χ0n) is 7.86. The molecule has 0 aromatic heterocycles. The third-order valence-corrected chi connectivity index (χ3v) is 1.57. The van der Waals surface area contributed by atoms with E-state index in [4.69, 9.17) is 9.47 Å². The highest BCUT2D eigenvalue weighted by atomic mass is 16.6. The van der Waals surface area contributed by atoms with Crippen molar-refractivity contribution in [1.29, 1.82) is 0 Å². The number of rotatable bonds is 6. The Morgan fingerprint density at radius 3 is 1.58 bits per heavy atom. The van der Waals surface area contributed by atoms with Gasteiger partial charge in [-0.3, -0.25) is 0 Å². The van der Waals surface area contributed by atoms with E-state index in [1.165, 1.54) is 0 Å². The standard InChI is InChI=1S/C8H18O4/c1-4-11-7(9)6(3)8(10)12-5-2/h6-10H,4-5H2,1-3H3. The molecule has 12 heavy (non-hydrogen) atoms. The van der Waals surface area contributed by atoms with E-state index in [-0.39, 0.29) is 0 Å². The SMILES string of the molecule is CCOC(O)C(C)C(O)OCC. The monoisotopic (exact) mass is 178 g/mol. The lowest BCUT2D eigenvalue weighted by molar-refractivity contribution is -0.210. The minimum absolute atomic E-state index is 0.421. The van der Waals surface area contributed by atoms with Gasteiger partial charge in [0.15, 0.2) is 12.6 Å². The minimum Gasteiger partial charge on any atom is -0.368 e. The second-order valence-electron chi connectivity index (χ2n) is 2.55. The lowest BCUT2D eigenvalue weighted by Crippen LogP contribution is -2.33. The van der Waals surface area contributed by atoms with Crippen molar-refractivity contribution in [3.8, 4) is 0 Å². The van der Waals surface area contributed by atoms with Gasteiger partial charge in [-0.15, -0.1) is 0 Å². The van der Waals surface area contributed by atoms with E-state index in [1.807, 2.05) is 0 Å². The van der Waals surface area contributed by atoms with Crippen LogP contribution in [0.2, 0.25) is 0 Å². The second kappa shape index (κ2) is 6.37. The predicted molar refractivity (Wildman–Crippen MR) is 44.4 cm³/mol. The quantitative estimate of drug-likeness (QED) is 0.575. The molecule has 0 aliphatic rings. The van der Waals surface area contributed by atoms with Gasteiger partial charge in [0, 0.05) is 13.2 Å². The summed E-state index contributed by atoms with van der Waals surface area (Å²) in [5.74, 6) is -0.426. The average molecular weight is 178 g/mol. The molecule has 4 nitrogen and oxygen atoms in total. The topological polar surface area (TPSA) is 58.9 Å². The molecular formula is C8H18O4. The molecule has 0 aromatic carbocycles. The van der Waals surface area contributed by atoms with Crippen molar-refractivity contribution in [2.24, 2.45) is 5.92 Å². The molecule has 2 atom stereocenters. The van der Waals surface area contributed by atoms with Gasteiger partial charge in [0.25, 0.3) is 0 Å². The van der Waals surface area contributed by atoms with Gasteiger partial charge in [-0.2, -0.15) is 0 Å². The first kappa shape index (κ1) is 11.8. The zero-order valence-corrected chi connectivity index (χ0v) is 7.86. The maximum absolute atomic E-state index is 9.25. The van der Waals surface area contributed by atoms with Gasteiger partial charge in [-0.05, 0) is 13.8 Å². The Labute approximate surface area is 73.1 Å². The van der Waals surface area contributed by atoms with Crippen LogP contribution in [0.25, 0.3) is 0 Å². The summed E-state index contributed by atoms with van der Waals surface area (Å²) >= 11 is 0. The first-order valence-corrected chi connectivity index (χ1v) is 4.22. The Hall–Kier alpha value is -0.160. The Morgan fingerprint density at radius 1 is 1.00 bits per heavy atom. The van der Waals surface area contributed by atoms with E-state index >= 15 is 0 Å². The molecule has 0 saturated carbocycles. The number of aliphatic hydroxyl groups is 2. The van der Waals surface area contributed by atoms with E-state index in [1.54, 1.807) is 20.8 Å². The summed E-state index contributed by atoms with van der Waals surface area (Å²) in [6, 6.07) is 0. The molecule has 0 saturated heterocycles. The molecule has 0 rings (SSSR count). The molecule has 0 aliphatic carbocycles. The third kappa shape index (κ3) is 4.01. The fourth-order valence-corrected chi connectivity index (χ4v) is 0.786. The van der Waals surface area contributed by atoms with Gasteiger partial charge >= 0.3 is 0 Å². The van der Waals surface area contributed by atoms with Crippen molar-refractivity contribution in [3.63, 3.8) is 0 Å². The van der Waals surface area contributed by atoms with Crippen molar-refractivity contribution in [2.75, 3.05) is 13.2 Å². The van der Waals surface area contributed by atoms with Crippen LogP contribution in [0.15, 0.2) is 0 Å². The van der Waals surface area contributed by atoms with Crippen LogP contribution >= 0.6 is 0 Å². The summed E-state index contributed by atoms with van der Waals surface area (Å²) in [7, 11) is 0. The molecule has 0 heterocycles.